The van der Waals surface area contributed by atoms with Crippen molar-refractivity contribution in [3.05, 3.63) is 12.2 Å². The molecule has 0 unspecified atom stereocenters. The number of aliphatic carboxylic acids is 1. The molecular weight excluding hydrogens is 222 g/mol. The van der Waals surface area contributed by atoms with Crippen LogP contribution < -0.4 is 5.32 Å². The zero-order valence-electron chi connectivity index (χ0n) is 11.0. The maximum absolute atomic E-state index is 11.5. The first kappa shape index (κ1) is 15.5. The van der Waals surface area contributed by atoms with Gasteiger partial charge in [-0.3, -0.25) is 0 Å². The van der Waals surface area contributed by atoms with E-state index in [9.17, 15) is 9.59 Å². The molecule has 0 saturated heterocycles. The number of hydrogen-bond donors (Lipinski definition) is 2. The number of carboxylic acids is 1. The predicted molar refractivity (Wildman–Crippen MR) is 64.8 cm³/mol. The molecule has 0 fully saturated rings. The molecule has 0 spiro atoms. The maximum atomic E-state index is 11.5. The number of hydrogen-bond acceptors (Lipinski definition) is 3. The molecule has 5 nitrogen and oxygen atoms in total. The zero-order valence-corrected chi connectivity index (χ0v) is 11.0. The Morgan fingerprint density at radius 2 is 1.88 bits per heavy atom. The van der Waals surface area contributed by atoms with Gasteiger partial charge in [0.1, 0.15) is 11.6 Å². The minimum absolute atomic E-state index is 0.301. The molecule has 2 N–H and O–H groups in total. The van der Waals surface area contributed by atoms with Crippen LogP contribution in [-0.4, -0.2) is 28.8 Å². The van der Waals surface area contributed by atoms with Crippen molar-refractivity contribution in [1.29, 1.82) is 0 Å². The van der Waals surface area contributed by atoms with Gasteiger partial charge in [0, 0.05) is 5.92 Å². The molecule has 0 aromatic carbocycles. The summed E-state index contributed by atoms with van der Waals surface area (Å²) < 4.78 is 5.01. The summed E-state index contributed by atoms with van der Waals surface area (Å²) in [4.78, 5) is 22.5. The van der Waals surface area contributed by atoms with E-state index >= 15 is 0 Å². The minimum atomic E-state index is -1.08. The van der Waals surface area contributed by atoms with Crippen LogP contribution in [-0.2, 0) is 9.53 Å². The summed E-state index contributed by atoms with van der Waals surface area (Å²) >= 11 is 0. The highest BCUT2D eigenvalue weighted by molar-refractivity contribution is 5.80. The average Bonchev–Trinajstić information content (AvgIpc) is 2.11. The molecule has 1 amide bonds. The van der Waals surface area contributed by atoms with Gasteiger partial charge in [0.05, 0.1) is 0 Å². The number of rotatable bonds is 4. The van der Waals surface area contributed by atoms with E-state index in [1.165, 1.54) is 0 Å². The molecule has 0 aromatic rings. The summed E-state index contributed by atoms with van der Waals surface area (Å²) in [6, 6.07) is -0.985. The zero-order chi connectivity index (χ0) is 13.6. The Balaban J connectivity index is 4.56. The second-order valence-corrected chi connectivity index (χ2v) is 4.85. The third-order valence-corrected chi connectivity index (χ3v) is 1.96. The standard InChI is InChI=1S/C12H21NO4/c1-6-7-8(2)9(10(14)15)13-11(16)17-12(3,4)5/h6-9H,1-5H3,(H,13,16)(H,14,15)/t8-,9+/m1/s1. The minimum Gasteiger partial charge on any atom is -0.480 e. The third-order valence-electron chi connectivity index (χ3n) is 1.96. The van der Waals surface area contributed by atoms with Crippen molar-refractivity contribution >= 4 is 12.1 Å². The van der Waals surface area contributed by atoms with Crippen molar-refractivity contribution in [2.75, 3.05) is 0 Å². The topological polar surface area (TPSA) is 75.6 Å². The first-order chi connectivity index (χ1) is 7.67. The molecule has 0 saturated carbocycles. The Bertz CT molecular complexity index is 304. The van der Waals surface area contributed by atoms with Crippen LogP contribution in [0.15, 0.2) is 12.2 Å². The van der Waals surface area contributed by atoms with Gasteiger partial charge in [0.15, 0.2) is 0 Å². The smallest absolute Gasteiger partial charge is 0.408 e. The van der Waals surface area contributed by atoms with E-state index in [-0.39, 0.29) is 5.92 Å². The molecular formula is C12H21NO4. The molecule has 0 radical (unpaired) electrons. The quantitative estimate of drug-likeness (QED) is 0.742. The number of ether oxygens (including phenoxy) is 1. The number of nitrogens with one attached hydrogen (secondary N) is 1. The fourth-order valence-electron chi connectivity index (χ4n) is 1.27. The fraction of sp³-hybridized carbons (Fsp3) is 0.667. The van der Waals surface area contributed by atoms with Gasteiger partial charge in [-0.25, -0.2) is 9.59 Å². The van der Waals surface area contributed by atoms with Gasteiger partial charge in [0.2, 0.25) is 0 Å². The van der Waals surface area contributed by atoms with E-state index in [0.29, 0.717) is 0 Å². The highest BCUT2D eigenvalue weighted by atomic mass is 16.6. The average molecular weight is 243 g/mol. The Labute approximate surface area is 102 Å². The summed E-state index contributed by atoms with van der Waals surface area (Å²) in [5.41, 5.74) is -0.642. The lowest BCUT2D eigenvalue weighted by Crippen LogP contribution is -2.46. The van der Waals surface area contributed by atoms with Gasteiger partial charge in [0.25, 0.3) is 0 Å². The summed E-state index contributed by atoms with van der Waals surface area (Å²) in [6.45, 7) is 8.67. The van der Waals surface area contributed by atoms with Crippen molar-refractivity contribution in [3.8, 4) is 0 Å². The Hall–Kier alpha value is -1.52. The molecule has 0 heterocycles. The second-order valence-electron chi connectivity index (χ2n) is 4.85. The molecule has 17 heavy (non-hydrogen) atoms. The Morgan fingerprint density at radius 3 is 2.24 bits per heavy atom. The highest BCUT2D eigenvalue weighted by Crippen LogP contribution is 2.10. The van der Waals surface area contributed by atoms with Crippen LogP contribution in [0.1, 0.15) is 34.6 Å². The van der Waals surface area contributed by atoms with Gasteiger partial charge >= 0.3 is 12.1 Å². The van der Waals surface area contributed by atoms with Crippen molar-refractivity contribution < 1.29 is 19.4 Å². The molecule has 0 aliphatic carbocycles. The summed E-state index contributed by atoms with van der Waals surface area (Å²) in [5.74, 6) is -1.38. The van der Waals surface area contributed by atoms with E-state index < -0.39 is 23.7 Å². The van der Waals surface area contributed by atoms with E-state index in [4.69, 9.17) is 9.84 Å². The van der Waals surface area contributed by atoms with Gasteiger partial charge in [-0.1, -0.05) is 19.1 Å². The summed E-state index contributed by atoms with van der Waals surface area (Å²) in [7, 11) is 0. The van der Waals surface area contributed by atoms with Crippen molar-refractivity contribution in [3.63, 3.8) is 0 Å². The van der Waals surface area contributed by atoms with Crippen LogP contribution in [0.3, 0.4) is 0 Å². The third kappa shape index (κ3) is 6.60. The van der Waals surface area contributed by atoms with Crippen LogP contribution in [0.4, 0.5) is 4.79 Å². The largest absolute Gasteiger partial charge is 0.480 e. The number of carbonyl (C=O) groups is 2. The molecule has 0 rings (SSSR count). The number of alkyl carbamates (subject to hydrolysis) is 1. The van der Waals surface area contributed by atoms with Crippen molar-refractivity contribution in [2.45, 2.75) is 46.3 Å². The molecule has 0 aromatic heterocycles. The number of amides is 1. The summed E-state index contributed by atoms with van der Waals surface area (Å²) in [6.07, 6.45) is 2.74. The lowest BCUT2D eigenvalue weighted by Gasteiger charge is -2.23. The second kappa shape index (κ2) is 6.27. The van der Waals surface area contributed by atoms with E-state index in [2.05, 4.69) is 5.32 Å². The Morgan fingerprint density at radius 1 is 1.35 bits per heavy atom. The normalized spacial score (nSPS) is 15.4. The van der Waals surface area contributed by atoms with Crippen LogP contribution in [0.25, 0.3) is 0 Å². The number of allylic oxidation sites excluding steroid dienone is 1. The molecule has 0 aliphatic heterocycles. The fourth-order valence-corrected chi connectivity index (χ4v) is 1.27. The first-order valence-corrected chi connectivity index (χ1v) is 5.52. The van der Waals surface area contributed by atoms with Crippen LogP contribution in [0, 0.1) is 5.92 Å². The molecule has 98 valence electrons. The van der Waals surface area contributed by atoms with Crippen molar-refractivity contribution in [2.24, 2.45) is 5.92 Å². The molecule has 0 aliphatic rings. The van der Waals surface area contributed by atoms with E-state index in [1.807, 2.05) is 0 Å². The monoisotopic (exact) mass is 243 g/mol. The SMILES string of the molecule is CC=C[C@@H](C)[C@H](NC(=O)OC(C)(C)C)C(=O)O. The predicted octanol–water partition coefficient (Wildman–Crippen LogP) is 2.18. The molecule has 0 bridgehead atoms. The van der Waals surface area contributed by atoms with Gasteiger partial charge in [-0.05, 0) is 27.7 Å². The first-order valence-electron chi connectivity index (χ1n) is 5.52. The Kier molecular flexibility index (Phi) is 5.71. The number of carbonyl (C=O) groups excluding carboxylic acids is 1. The van der Waals surface area contributed by atoms with E-state index in [0.717, 1.165) is 0 Å². The van der Waals surface area contributed by atoms with E-state index in [1.54, 1.807) is 46.8 Å². The van der Waals surface area contributed by atoms with Crippen molar-refractivity contribution in [1.82, 2.24) is 5.32 Å². The lowest BCUT2D eigenvalue weighted by atomic mass is 10.0. The summed E-state index contributed by atoms with van der Waals surface area (Å²) in [5, 5.41) is 11.4. The molecule has 2 atom stereocenters. The van der Waals surface area contributed by atoms with Gasteiger partial charge in [-0.2, -0.15) is 0 Å². The lowest BCUT2D eigenvalue weighted by molar-refractivity contribution is -0.140. The number of carboxylic acid groups (broad SMARTS) is 1. The maximum Gasteiger partial charge on any atom is 0.408 e. The van der Waals surface area contributed by atoms with Gasteiger partial charge in [-0.15, -0.1) is 0 Å². The molecule has 5 heteroatoms. The van der Waals surface area contributed by atoms with Crippen LogP contribution in [0.5, 0.6) is 0 Å². The van der Waals surface area contributed by atoms with Crippen LogP contribution in [0.2, 0.25) is 0 Å². The highest BCUT2D eigenvalue weighted by Gasteiger charge is 2.27. The van der Waals surface area contributed by atoms with Gasteiger partial charge < -0.3 is 15.2 Å². The van der Waals surface area contributed by atoms with Crippen LogP contribution >= 0.6 is 0 Å².